The standard InChI is InChI=1S/C3H6ClO/c1-2-5-3-4/h3H,2H2,1H3. The van der Waals surface area contributed by atoms with E-state index >= 15 is 0 Å². The molecule has 0 heterocycles. The van der Waals surface area contributed by atoms with Crippen LogP contribution in [0, 0.1) is 6.07 Å². The van der Waals surface area contributed by atoms with E-state index in [1.807, 2.05) is 6.92 Å². The molecule has 0 aliphatic carbocycles. The fraction of sp³-hybridized carbons (Fsp3) is 0.667. The minimum absolute atomic E-state index is 0.656. The van der Waals surface area contributed by atoms with Crippen LogP contribution in [0.4, 0.5) is 0 Å². The second-order valence-corrected chi connectivity index (χ2v) is 0.723. The maximum Gasteiger partial charge on any atom is 0.170 e. The number of halogens is 1. The van der Waals surface area contributed by atoms with Crippen LogP contribution in [0.3, 0.4) is 0 Å². The molecule has 0 aliphatic heterocycles. The zero-order valence-electron chi connectivity index (χ0n) is 3.07. The third kappa shape index (κ3) is 4.25. The van der Waals surface area contributed by atoms with Crippen LogP contribution >= 0.6 is 11.6 Å². The molecule has 0 bridgehead atoms. The van der Waals surface area contributed by atoms with Crippen molar-refractivity contribution >= 4 is 11.6 Å². The van der Waals surface area contributed by atoms with Gasteiger partial charge < -0.3 is 4.74 Å². The van der Waals surface area contributed by atoms with E-state index < -0.39 is 0 Å². The highest BCUT2D eigenvalue weighted by Crippen LogP contribution is 1.82. The van der Waals surface area contributed by atoms with E-state index in [1.165, 1.54) is 0 Å². The summed E-state index contributed by atoms with van der Waals surface area (Å²) in [5, 5.41) is 0. The summed E-state index contributed by atoms with van der Waals surface area (Å²) in [5.74, 6) is 0. The van der Waals surface area contributed by atoms with Gasteiger partial charge in [-0.2, -0.15) is 0 Å². The normalized spacial score (nSPS) is 8.40. The van der Waals surface area contributed by atoms with Crippen LogP contribution in [-0.4, -0.2) is 6.61 Å². The van der Waals surface area contributed by atoms with Crippen molar-refractivity contribution in [3.63, 3.8) is 0 Å². The average Bonchev–Trinajstić information content (AvgIpc) is 1.41. The van der Waals surface area contributed by atoms with Gasteiger partial charge in [0.1, 0.15) is 0 Å². The summed E-state index contributed by atoms with van der Waals surface area (Å²) in [5.41, 5.74) is 0. The zero-order chi connectivity index (χ0) is 4.12. The van der Waals surface area contributed by atoms with Crippen LogP contribution in [-0.2, 0) is 4.74 Å². The molecule has 0 spiro atoms. The van der Waals surface area contributed by atoms with Crippen molar-refractivity contribution in [2.75, 3.05) is 6.61 Å². The molecule has 31 valence electrons. The molecule has 0 aliphatic rings. The Morgan fingerprint density at radius 2 is 2.60 bits per heavy atom. The monoisotopic (exact) mass is 93.0 g/mol. The minimum atomic E-state index is 0.656. The van der Waals surface area contributed by atoms with Crippen molar-refractivity contribution in [3.05, 3.63) is 6.07 Å². The lowest BCUT2D eigenvalue weighted by Gasteiger charge is -1.82. The molecule has 2 heteroatoms. The number of hydrogen-bond acceptors (Lipinski definition) is 1. The van der Waals surface area contributed by atoms with Crippen molar-refractivity contribution in [2.45, 2.75) is 6.92 Å². The predicted molar refractivity (Wildman–Crippen MR) is 21.8 cm³/mol. The first kappa shape index (κ1) is 5.25. The fourth-order valence-corrected chi connectivity index (χ4v) is 0.189. The van der Waals surface area contributed by atoms with Crippen LogP contribution in [0.5, 0.6) is 0 Å². The van der Waals surface area contributed by atoms with Gasteiger partial charge in [0.05, 0.1) is 0 Å². The summed E-state index contributed by atoms with van der Waals surface area (Å²) in [6.07, 6.45) is 0. The molecular formula is C3H6ClO. The van der Waals surface area contributed by atoms with Gasteiger partial charge >= 0.3 is 0 Å². The lowest BCUT2D eigenvalue weighted by Crippen LogP contribution is -1.75. The van der Waals surface area contributed by atoms with Gasteiger partial charge in [-0.25, -0.2) is 0 Å². The van der Waals surface area contributed by atoms with Gasteiger partial charge in [0.15, 0.2) is 6.07 Å². The first-order chi connectivity index (χ1) is 2.41. The van der Waals surface area contributed by atoms with Crippen molar-refractivity contribution in [2.24, 2.45) is 0 Å². The Morgan fingerprint density at radius 3 is 2.60 bits per heavy atom. The van der Waals surface area contributed by atoms with Crippen molar-refractivity contribution < 1.29 is 4.74 Å². The van der Waals surface area contributed by atoms with Crippen LogP contribution in [0.1, 0.15) is 6.92 Å². The zero-order valence-corrected chi connectivity index (χ0v) is 3.83. The van der Waals surface area contributed by atoms with Crippen LogP contribution in [0.25, 0.3) is 0 Å². The van der Waals surface area contributed by atoms with E-state index in [1.54, 1.807) is 0 Å². The molecule has 0 aromatic heterocycles. The largest absolute Gasteiger partial charge is 0.359 e. The van der Waals surface area contributed by atoms with E-state index in [0.29, 0.717) is 6.61 Å². The molecule has 1 nitrogen and oxygen atoms in total. The maximum absolute atomic E-state index is 4.95. The fourth-order valence-electron chi connectivity index (χ4n) is 0.0630. The SMILES string of the molecule is CCO[CH]Cl. The molecule has 0 amide bonds. The summed E-state index contributed by atoms with van der Waals surface area (Å²) in [4.78, 5) is 0. The molecule has 5 heavy (non-hydrogen) atoms. The number of hydrogen-bond donors (Lipinski definition) is 0. The molecular weight excluding hydrogens is 87.5 g/mol. The highest BCUT2D eigenvalue weighted by Gasteiger charge is 1.67. The lowest BCUT2D eigenvalue weighted by atomic mass is 10.9. The molecule has 0 saturated heterocycles. The number of ether oxygens (including phenoxy) is 1. The minimum Gasteiger partial charge on any atom is -0.359 e. The second kappa shape index (κ2) is 4.25. The Morgan fingerprint density at radius 1 is 2.00 bits per heavy atom. The van der Waals surface area contributed by atoms with Gasteiger partial charge in [-0.1, -0.05) is 11.6 Å². The Bertz CT molecular complexity index is 14.4. The van der Waals surface area contributed by atoms with E-state index in [0.717, 1.165) is 6.07 Å². The molecule has 0 rings (SSSR count). The smallest absolute Gasteiger partial charge is 0.170 e. The van der Waals surface area contributed by atoms with Gasteiger partial charge in [0, 0.05) is 6.61 Å². The molecule has 0 unspecified atom stereocenters. The Kier molecular flexibility index (Phi) is 4.46. The molecule has 0 aromatic carbocycles. The third-order valence-corrected chi connectivity index (χ3v) is 0.356. The summed E-state index contributed by atoms with van der Waals surface area (Å²) in [6, 6.07) is 1.15. The van der Waals surface area contributed by atoms with Gasteiger partial charge in [0.2, 0.25) is 0 Å². The summed E-state index contributed by atoms with van der Waals surface area (Å²) in [6.45, 7) is 2.53. The average molecular weight is 93.5 g/mol. The second-order valence-electron chi connectivity index (χ2n) is 0.544. The van der Waals surface area contributed by atoms with E-state index in [2.05, 4.69) is 4.74 Å². The quantitative estimate of drug-likeness (QED) is 0.501. The molecule has 0 aromatic rings. The Labute approximate surface area is 36.9 Å². The van der Waals surface area contributed by atoms with Crippen LogP contribution in [0.15, 0.2) is 0 Å². The Hall–Kier alpha value is 0.250. The Balaban J connectivity index is 2.19. The number of rotatable bonds is 2. The first-order valence-corrected chi connectivity index (χ1v) is 1.89. The topological polar surface area (TPSA) is 9.23 Å². The molecule has 0 saturated carbocycles. The van der Waals surface area contributed by atoms with Crippen LogP contribution < -0.4 is 0 Å². The van der Waals surface area contributed by atoms with E-state index in [4.69, 9.17) is 11.6 Å². The first-order valence-electron chi connectivity index (χ1n) is 1.45. The third-order valence-electron chi connectivity index (χ3n) is 0.230. The van der Waals surface area contributed by atoms with Gasteiger partial charge in [-0.3, -0.25) is 0 Å². The lowest BCUT2D eigenvalue weighted by molar-refractivity contribution is 0.246. The maximum atomic E-state index is 4.95. The summed E-state index contributed by atoms with van der Waals surface area (Å²) in [7, 11) is 0. The molecule has 1 radical (unpaired) electrons. The molecule has 0 atom stereocenters. The van der Waals surface area contributed by atoms with Crippen LogP contribution in [0.2, 0.25) is 0 Å². The van der Waals surface area contributed by atoms with Crippen molar-refractivity contribution in [1.82, 2.24) is 0 Å². The predicted octanol–water partition coefficient (Wildman–Crippen LogP) is 1.38. The van der Waals surface area contributed by atoms with Gasteiger partial charge in [-0.15, -0.1) is 0 Å². The van der Waals surface area contributed by atoms with E-state index in [9.17, 15) is 0 Å². The highest BCUT2D eigenvalue weighted by atomic mass is 35.5. The van der Waals surface area contributed by atoms with Crippen molar-refractivity contribution in [1.29, 1.82) is 0 Å². The summed E-state index contributed by atoms with van der Waals surface area (Å²) < 4.78 is 4.47. The highest BCUT2D eigenvalue weighted by molar-refractivity contribution is 6.21. The summed E-state index contributed by atoms with van der Waals surface area (Å²) >= 11 is 4.95. The molecule has 0 N–H and O–H groups in total. The van der Waals surface area contributed by atoms with Gasteiger partial charge in [-0.05, 0) is 6.92 Å². The van der Waals surface area contributed by atoms with Crippen molar-refractivity contribution in [3.8, 4) is 0 Å². The van der Waals surface area contributed by atoms with E-state index in [-0.39, 0.29) is 0 Å². The van der Waals surface area contributed by atoms with Gasteiger partial charge in [0.25, 0.3) is 0 Å². The molecule has 0 fully saturated rings.